The number of hydrogen-bond acceptors (Lipinski definition) is 4. The minimum Gasteiger partial charge on any atom is -0.494 e. The van der Waals surface area contributed by atoms with E-state index in [0.29, 0.717) is 42.0 Å². The smallest absolute Gasteiger partial charge is 0.290 e. The van der Waals surface area contributed by atoms with Crippen LogP contribution in [0, 0.1) is 5.92 Å². The first kappa shape index (κ1) is 24.3. The molecule has 1 unspecified atom stereocenters. The van der Waals surface area contributed by atoms with Crippen molar-refractivity contribution in [2.24, 2.45) is 5.92 Å². The molecule has 0 N–H and O–H groups in total. The predicted molar refractivity (Wildman–Crippen MR) is 145 cm³/mol. The fourth-order valence-electron chi connectivity index (χ4n) is 4.65. The van der Waals surface area contributed by atoms with Crippen molar-refractivity contribution in [2.75, 3.05) is 13.2 Å². The van der Waals surface area contributed by atoms with Crippen molar-refractivity contribution >= 4 is 32.8 Å². The third kappa shape index (κ3) is 4.82. The zero-order valence-corrected chi connectivity index (χ0v) is 22.0. The second-order valence-electron chi connectivity index (χ2n) is 9.55. The average molecular weight is 546 g/mol. The van der Waals surface area contributed by atoms with Crippen LogP contribution in [0.4, 0.5) is 0 Å². The molecule has 36 heavy (non-hydrogen) atoms. The normalized spacial score (nSPS) is 15.1. The number of benzene rings is 3. The molecule has 1 aliphatic rings. The number of halogens is 1. The molecule has 0 aliphatic carbocycles. The molecule has 0 radical (unpaired) electrons. The highest BCUT2D eigenvalue weighted by Crippen LogP contribution is 2.39. The van der Waals surface area contributed by atoms with E-state index in [9.17, 15) is 9.59 Å². The number of rotatable bonds is 8. The molecule has 1 aromatic heterocycles. The Morgan fingerprint density at radius 1 is 1.00 bits per heavy atom. The van der Waals surface area contributed by atoms with Crippen molar-refractivity contribution in [2.45, 2.75) is 32.7 Å². The Hall–Kier alpha value is -3.38. The molecule has 6 heteroatoms. The maximum absolute atomic E-state index is 13.8. The van der Waals surface area contributed by atoms with E-state index >= 15 is 0 Å². The quantitative estimate of drug-likeness (QED) is 0.245. The van der Waals surface area contributed by atoms with Crippen molar-refractivity contribution in [3.05, 3.63) is 110 Å². The number of fused-ring (bicyclic) bond motifs is 2. The van der Waals surface area contributed by atoms with Crippen molar-refractivity contribution in [3.63, 3.8) is 0 Å². The molecule has 5 rings (SSSR count). The first-order valence-electron chi connectivity index (χ1n) is 12.3. The Morgan fingerprint density at radius 3 is 2.58 bits per heavy atom. The predicted octanol–water partition coefficient (Wildman–Crippen LogP) is 6.77. The van der Waals surface area contributed by atoms with Crippen molar-refractivity contribution in [1.29, 1.82) is 0 Å². The zero-order valence-electron chi connectivity index (χ0n) is 20.4. The van der Waals surface area contributed by atoms with E-state index in [4.69, 9.17) is 9.15 Å². The third-order valence-electron chi connectivity index (χ3n) is 6.55. The van der Waals surface area contributed by atoms with Gasteiger partial charge in [0, 0.05) is 11.0 Å². The molecule has 2 heterocycles. The van der Waals surface area contributed by atoms with Crippen molar-refractivity contribution < 1.29 is 13.9 Å². The fourth-order valence-corrected chi connectivity index (χ4v) is 5.01. The maximum Gasteiger partial charge on any atom is 0.290 e. The van der Waals surface area contributed by atoms with Gasteiger partial charge in [0.05, 0.1) is 23.6 Å². The molecule has 3 aromatic carbocycles. The molecular weight excluding hydrogens is 518 g/mol. The molecule has 0 spiro atoms. The van der Waals surface area contributed by atoms with Crippen LogP contribution in [0.5, 0.6) is 5.75 Å². The van der Waals surface area contributed by atoms with E-state index in [1.54, 1.807) is 23.1 Å². The van der Waals surface area contributed by atoms with Crippen molar-refractivity contribution in [1.82, 2.24) is 4.90 Å². The first-order chi connectivity index (χ1) is 17.4. The lowest BCUT2D eigenvalue weighted by atomic mass is 9.98. The maximum atomic E-state index is 13.8. The van der Waals surface area contributed by atoms with Gasteiger partial charge in [0.15, 0.2) is 5.43 Å². The zero-order chi connectivity index (χ0) is 25.2. The number of nitrogens with zero attached hydrogens (tertiary/aromatic N) is 1. The van der Waals surface area contributed by atoms with Gasteiger partial charge in [-0.1, -0.05) is 72.2 Å². The largest absolute Gasteiger partial charge is 0.494 e. The molecule has 1 atom stereocenters. The van der Waals surface area contributed by atoms with Gasteiger partial charge < -0.3 is 14.1 Å². The number of carbonyl (C=O) groups is 1. The van der Waals surface area contributed by atoms with E-state index in [-0.39, 0.29) is 17.1 Å². The van der Waals surface area contributed by atoms with Gasteiger partial charge in [-0.05, 0) is 60.2 Å². The SMILES string of the molecule is CC(C)CCOc1cccc(C2c3c(oc4ccc(Br)cc4c3=O)C(=O)N2CCc2ccccc2)c1. The highest BCUT2D eigenvalue weighted by Gasteiger charge is 2.42. The molecule has 0 fully saturated rings. The number of hydrogen-bond donors (Lipinski definition) is 0. The summed E-state index contributed by atoms with van der Waals surface area (Å²) < 4.78 is 12.8. The standard InChI is InChI=1S/C30H28BrNO4/c1-19(2)14-16-35-23-10-6-9-21(17-23)27-26-28(33)24-18-22(31)11-12-25(24)36-29(26)30(34)32(27)15-13-20-7-4-3-5-8-20/h3-12,17-19,27H,13-16H2,1-2H3. The number of amides is 1. The Balaban J connectivity index is 1.58. The van der Waals surface area contributed by atoms with Crippen LogP contribution in [0.25, 0.3) is 11.0 Å². The lowest BCUT2D eigenvalue weighted by Gasteiger charge is -2.25. The Labute approximate surface area is 218 Å². The lowest BCUT2D eigenvalue weighted by molar-refractivity contribution is 0.0729. The molecule has 0 saturated heterocycles. The van der Waals surface area contributed by atoms with Gasteiger partial charge in [-0.2, -0.15) is 0 Å². The summed E-state index contributed by atoms with van der Waals surface area (Å²) in [5, 5.41) is 0.454. The fraction of sp³-hybridized carbons (Fsp3) is 0.267. The highest BCUT2D eigenvalue weighted by atomic mass is 79.9. The van der Waals surface area contributed by atoms with E-state index < -0.39 is 6.04 Å². The van der Waals surface area contributed by atoms with Crippen LogP contribution < -0.4 is 10.2 Å². The van der Waals surface area contributed by atoms with Crippen LogP contribution in [0.1, 0.15) is 53.6 Å². The number of carbonyl (C=O) groups excluding carboxylic acids is 1. The Bertz CT molecular complexity index is 1460. The minimum absolute atomic E-state index is 0.124. The lowest BCUT2D eigenvalue weighted by Crippen LogP contribution is -2.31. The molecule has 0 bridgehead atoms. The van der Waals surface area contributed by atoms with Crippen LogP contribution in [0.2, 0.25) is 0 Å². The van der Waals surface area contributed by atoms with Crippen LogP contribution in [0.3, 0.4) is 0 Å². The van der Waals surface area contributed by atoms with E-state index in [1.165, 1.54) is 0 Å². The summed E-state index contributed by atoms with van der Waals surface area (Å²) in [7, 11) is 0. The van der Waals surface area contributed by atoms with Gasteiger partial charge >= 0.3 is 0 Å². The molecule has 1 aliphatic heterocycles. The molecule has 184 valence electrons. The monoisotopic (exact) mass is 545 g/mol. The van der Waals surface area contributed by atoms with Gasteiger partial charge in [0.25, 0.3) is 5.91 Å². The van der Waals surface area contributed by atoms with Gasteiger partial charge in [0.1, 0.15) is 11.3 Å². The van der Waals surface area contributed by atoms with Gasteiger partial charge in [-0.15, -0.1) is 0 Å². The van der Waals surface area contributed by atoms with Gasteiger partial charge in [0.2, 0.25) is 5.76 Å². The third-order valence-corrected chi connectivity index (χ3v) is 7.04. The Morgan fingerprint density at radius 2 is 1.81 bits per heavy atom. The summed E-state index contributed by atoms with van der Waals surface area (Å²) in [6.45, 7) is 5.39. The second-order valence-corrected chi connectivity index (χ2v) is 10.5. The molecular formula is C30H28BrNO4. The summed E-state index contributed by atoms with van der Waals surface area (Å²) in [4.78, 5) is 29.2. The minimum atomic E-state index is -0.551. The summed E-state index contributed by atoms with van der Waals surface area (Å²) in [5.41, 5.74) is 2.57. The molecule has 4 aromatic rings. The molecule has 1 amide bonds. The van der Waals surface area contributed by atoms with E-state index in [0.717, 1.165) is 27.8 Å². The number of ether oxygens (including phenoxy) is 1. The highest BCUT2D eigenvalue weighted by molar-refractivity contribution is 9.10. The van der Waals surface area contributed by atoms with Crippen molar-refractivity contribution in [3.8, 4) is 5.75 Å². The summed E-state index contributed by atoms with van der Waals surface area (Å²) in [6, 6.07) is 22.5. The topological polar surface area (TPSA) is 59.8 Å². The summed E-state index contributed by atoms with van der Waals surface area (Å²) >= 11 is 3.45. The first-order valence-corrected chi connectivity index (χ1v) is 13.1. The molecule has 0 saturated carbocycles. The Kier molecular flexibility index (Phi) is 6.97. The molecule has 5 nitrogen and oxygen atoms in total. The summed E-state index contributed by atoms with van der Waals surface area (Å²) in [6.07, 6.45) is 1.61. The summed E-state index contributed by atoms with van der Waals surface area (Å²) in [5.74, 6) is 1.13. The van der Waals surface area contributed by atoms with Crippen LogP contribution in [-0.2, 0) is 6.42 Å². The van der Waals surface area contributed by atoms with Gasteiger partial charge in [-0.25, -0.2) is 0 Å². The van der Waals surface area contributed by atoms with E-state index in [2.05, 4.69) is 29.8 Å². The second kappa shape index (κ2) is 10.3. The van der Waals surface area contributed by atoms with Crippen LogP contribution >= 0.6 is 15.9 Å². The van der Waals surface area contributed by atoms with Gasteiger partial charge in [-0.3, -0.25) is 9.59 Å². The van der Waals surface area contributed by atoms with E-state index in [1.807, 2.05) is 54.6 Å². The van der Waals surface area contributed by atoms with Crippen LogP contribution in [-0.4, -0.2) is 24.0 Å². The average Bonchev–Trinajstić information content (AvgIpc) is 3.15. The van der Waals surface area contributed by atoms with Crippen LogP contribution in [0.15, 0.2) is 86.5 Å².